The molecule has 0 heterocycles. The molecule has 0 saturated heterocycles. The molecule has 0 radical (unpaired) electrons. The van der Waals surface area contributed by atoms with Crippen LogP contribution in [-0.4, -0.2) is 13.1 Å². The lowest BCUT2D eigenvalue weighted by molar-refractivity contribution is -0.135. The lowest BCUT2D eigenvalue weighted by Gasteiger charge is -1.97. The van der Waals surface area contributed by atoms with Gasteiger partial charge in [0.15, 0.2) is 0 Å². The maximum Gasteiger partial charge on any atom is 0.346 e. The van der Waals surface area contributed by atoms with Crippen molar-refractivity contribution < 1.29 is 9.53 Å². The van der Waals surface area contributed by atoms with Crippen molar-refractivity contribution in [1.82, 2.24) is 0 Å². The minimum atomic E-state index is -0.489. The Morgan fingerprint density at radius 1 is 1.43 bits per heavy atom. The maximum absolute atomic E-state index is 11.1. The second-order valence-electron chi connectivity index (χ2n) is 2.60. The van der Waals surface area contributed by atoms with Gasteiger partial charge in [0.25, 0.3) is 0 Å². The molecule has 0 unspecified atom stereocenters. The Labute approximate surface area is 83.2 Å². The third kappa shape index (κ3) is 2.49. The van der Waals surface area contributed by atoms with Crippen LogP contribution in [-0.2, 0) is 9.53 Å². The van der Waals surface area contributed by atoms with Crippen LogP contribution in [0.2, 0.25) is 0 Å². The lowest BCUT2D eigenvalue weighted by atomic mass is 10.1. The fourth-order valence-corrected chi connectivity index (χ4v) is 0.985. The molecule has 0 aliphatic rings. The van der Waals surface area contributed by atoms with E-state index in [0.29, 0.717) is 0 Å². The van der Waals surface area contributed by atoms with Crippen molar-refractivity contribution in [3.8, 4) is 12.3 Å². The minimum Gasteiger partial charge on any atom is -0.465 e. The Bertz CT molecular complexity index is 383. The molecular formula is C12H10O2. The highest BCUT2D eigenvalue weighted by molar-refractivity contribution is 5.98. The van der Waals surface area contributed by atoms with E-state index in [1.54, 1.807) is 6.08 Å². The standard InChI is InChI=1S/C12H10O2/c1-3-11(12(13)14-2)9-10-7-5-4-6-8-10/h1,4-9H,2H3. The molecule has 0 aromatic heterocycles. The molecule has 14 heavy (non-hydrogen) atoms. The van der Waals surface area contributed by atoms with Crippen LogP contribution in [0.25, 0.3) is 6.08 Å². The first-order valence-electron chi connectivity index (χ1n) is 4.09. The molecule has 2 heteroatoms. The molecule has 1 rings (SSSR count). The number of rotatable bonds is 2. The average molecular weight is 186 g/mol. The Morgan fingerprint density at radius 2 is 2.07 bits per heavy atom. The quantitative estimate of drug-likeness (QED) is 0.400. The van der Waals surface area contributed by atoms with E-state index >= 15 is 0 Å². The molecule has 0 aliphatic heterocycles. The van der Waals surface area contributed by atoms with Crippen molar-refractivity contribution in [2.75, 3.05) is 7.11 Å². The highest BCUT2D eigenvalue weighted by Crippen LogP contribution is 2.06. The van der Waals surface area contributed by atoms with Gasteiger partial charge >= 0.3 is 5.97 Å². The van der Waals surface area contributed by atoms with Gasteiger partial charge in [-0.3, -0.25) is 0 Å². The molecule has 0 N–H and O–H groups in total. The lowest BCUT2D eigenvalue weighted by Crippen LogP contribution is -2.02. The fraction of sp³-hybridized carbons (Fsp3) is 0.0833. The number of terminal acetylenes is 1. The van der Waals surface area contributed by atoms with Gasteiger partial charge in [0, 0.05) is 0 Å². The van der Waals surface area contributed by atoms with Gasteiger partial charge < -0.3 is 4.74 Å². The van der Waals surface area contributed by atoms with Gasteiger partial charge in [-0.1, -0.05) is 36.3 Å². The maximum atomic E-state index is 11.1. The molecule has 70 valence electrons. The van der Waals surface area contributed by atoms with Gasteiger partial charge in [-0.25, -0.2) is 4.79 Å². The number of carbonyl (C=O) groups excluding carboxylic acids is 1. The van der Waals surface area contributed by atoms with E-state index in [1.165, 1.54) is 7.11 Å². The Hall–Kier alpha value is -2.01. The summed E-state index contributed by atoms with van der Waals surface area (Å²) in [4.78, 5) is 11.1. The average Bonchev–Trinajstić information content (AvgIpc) is 2.26. The van der Waals surface area contributed by atoms with Crippen LogP contribution < -0.4 is 0 Å². The summed E-state index contributed by atoms with van der Waals surface area (Å²) in [5, 5.41) is 0. The van der Waals surface area contributed by atoms with E-state index in [9.17, 15) is 4.79 Å². The minimum absolute atomic E-state index is 0.221. The summed E-state index contributed by atoms with van der Waals surface area (Å²) < 4.78 is 4.53. The second-order valence-corrected chi connectivity index (χ2v) is 2.60. The zero-order valence-electron chi connectivity index (χ0n) is 7.86. The highest BCUT2D eigenvalue weighted by Gasteiger charge is 2.05. The van der Waals surface area contributed by atoms with E-state index in [-0.39, 0.29) is 5.57 Å². The largest absolute Gasteiger partial charge is 0.465 e. The Kier molecular flexibility index (Phi) is 3.51. The summed E-state index contributed by atoms with van der Waals surface area (Å²) in [6, 6.07) is 9.36. The second kappa shape index (κ2) is 4.88. The third-order valence-electron chi connectivity index (χ3n) is 1.67. The third-order valence-corrected chi connectivity index (χ3v) is 1.67. The molecular weight excluding hydrogens is 176 g/mol. The van der Waals surface area contributed by atoms with E-state index in [2.05, 4.69) is 10.7 Å². The van der Waals surface area contributed by atoms with Crippen LogP contribution in [0.5, 0.6) is 0 Å². The number of ether oxygens (including phenoxy) is 1. The first-order valence-corrected chi connectivity index (χ1v) is 4.09. The number of hydrogen-bond acceptors (Lipinski definition) is 2. The zero-order valence-corrected chi connectivity index (χ0v) is 7.86. The summed E-state index contributed by atoms with van der Waals surface area (Å²) >= 11 is 0. The summed E-state index contributed by atoms with van der Waals surface area (Å²) in [6.45, 7) is 0. The number of methoxy groups -OCH3 is 1. The van der Waals surface area contributed by atoms with Gasteiger partial charge in [-0.2, -0.15) is 0 Å². The molecule has 0 bridgehead atoms. The fourth-order valence-electron chi connectivity index (χ4n) is 0.985. The molecule has 1 aromatic rings. The summed E-state index contributed by atoms with van der Waals surface area (Å²) in [5.74, 6) is 1.80. The van der Waals surface area contributed by atoms with Crippen LogP contribution in [0.3, 0.4) is 0 Å². The first kappa shape index (κ1) is 10.1. The van der Waals surface area contributed by atoms with E-state index in [0.717, 1.165) is 5.56 Å². The number of hydrogen-bond donors (Lipinski definition) is 0. The number of carbonyl (C=O) groups is 1. The number of esters is 1. The van der Waals surface area contributed by atoms with Crippen LogP contribution in [0.1, 0.15) is 5.56 Å². The predicted octanol–water partition coefficient (Wildman–Crippen LogP) is 1.88. The first-order chi connectivity index (χ1) is 6.77. The van der Waals surface area contributed by atoms with Crippen molar-refractivity contribution in [2.24, 2.45) is 0 Å². The Balaban J connectivity index is 2.97. The molecule has 0 spiro atoms. The van der Waals surface area contributed by atoms with Crippen LogP contribution in [0.4, 0.5) is 0 Å². The van der Waals surface area contributed by atoms with Gasteiger partial charge in [0.2, 0.25) is 0 Å². The van der Waals surface area contributed by atoms with Crippen molar-refractivity contribution in [1.29, 1.82) is 0 Å². The Morgan fingerprint density at radius 3 is 2.57 bits per heavy atom. The number of benzene rings is 1. The monoisotopic (exact) mass is 186 g/mol. The summed E-state index contributed by atoms with van der Waals surface area (Å²) in [6.07, 6.45) is 6.79. The molecule has 0 atom stereocenters. The predicted molar refractivity (Wildman–Crippen MR) is 55.3 cm³/mol. The van der Waals surface area contributed by atoms with E-state index < -0.39 is 5.97 Å². The molecule has 0 amide bonds. The summed E-state index contributed by atoms with van der Waals surface area (Å²) in [5.41, 5.74) is 1.10. The van der Waals surface area contributed by atoms with Crippen LogP contribution in [0, 0.1) is 12.3 Å². The van der Waals surface area contributed by atoms with Crippen LogP contribution in [0.15, 0.2) is 35.9 Å². The molecule has 0 saturated carbocycles. The summed E-state index contributed by atoms with van der Waals surface area (Å²) in [7, 11) is 1.30. The molecule has 1 aromatic carbocycles. The SMILES string of the molecule is C#CC(=Cc1ccccc1)C(=O)OC. The van der Waals surface area contributed by atoms with Crippen molar-refractivity contribution in [3.05, 3.63) is 41.5 Å². The highest BCUT2D eigenvalue weighted by atomic mass is 16.5. The van der Waals surface area contributed by atoms with Gasteiger partial charge in [0.05, 0.1) is 7.11 Å². The van der Waals surface area contributed by atoms with Crippen molar-refractivity contribution >= 4 is 12.0 Å². The molecule has 0 fully saturated rings. The van der Waals surface area contributed by atoms with Crippen molar-refractivity contribution in [2.45, 2.75) is 0 Å². The van der Waals surface area contributed by atoms with Crippen LogP contribution >= 0.6 is 0 Å². The van der Waals surface area contributed by atoms with Crippen molar-refractivity contribution in [3.63, 3.8) is 0 Å². The van der Waals surface area contributed by atoms with Gasteiger partial charge in [-0.15, -0.1) is 6.42 Å². The molecule has 2 nitrogen and oxygen atoms in total. The van der Waals surface area contributed by atoms with Gasteiger partial charge in [-0.05, 0) is 11.6 Å². The van der Waals surface area contributed by atoms with E-state index in [1.807, 2.05) is 30.3 Å². The topological polar surface area (TPSA) is 26.3 Å². The van der Waals surface area contributed by atoms with Gasteiger partial charge in [0.1, 0.15) is 5.57 Å². The smallest absolute Gasteiger partial charge is 0.346 e. The molecule has 0 aliphatic carbocycles. The van der Waals surface area contributed by atoms with E-state index in [4.69, 9.17) is 6.42 Å². The normalized spacial score (nSPS) is 10.4. The zero-order chi connectivity index (χ0) is 10.4.